The summed E-state index contributed by atoms with van der Waals surface area (Å²) in [5.74, 6) is -0.470. The Bertz CT molecular complexity index is 968. The molecule has 1 heterocycles. The van der Waals surface area contributed by atoms with Gasteiger partial charge in [-0.15, -0.1) is 0 Å². The zero-order valence-corrected chi connectivity index (χ0v) is 13.5. The summed E-state index contributed by atoms with van der Waals surface area (Å²) in [6.07, 6.45) is 0. The van der Waals surface area contributed by atoms with E-state index in [0.717, 1.165) is 16.9 Å². The minimum Gasteiger partial charge on any atom is -0.380 e. The number of anilines is 1. The Morgan fingerprint density at radius 2 is 1.92 bits per heavy atom. The number of primary amides is 1. The standard InChI is InChI=1S/C18H16N4O3/c1-11-8-17(15-9-14(22(24)25)6-7-16(15)21-11)20-10-12-2-4-13(5-3-12)18(19)23/h2-9H,10H2,1H3,(H2,19,23)(H,20,21). The number of nitro benzene ring substituents is 1. The highest BCUT2D eigenvalue weighted by Gasteiger charge is 2.11. The van der Waals surface area contributed by atoms with Crippen molar-refractivity contribution < 1.29 is 9.72 Å². The first-order chi connectivity index (χ1) is 11.9. The van der Waals surface area contributed by atoms with Gasteiger partial charge in [0.25, 0.3) is 5.69 Å². The van der Waals surface area contributed by atoms with Crippen LogP contribution in [0.25, 0.3) is 10.9 Å². The number of amides is 1. The van der Waals surface area contributed by atoms with E-state index >= 15 is 0 Å². The van der Waals surface area contributed by atoms with Crippen molar-refractivity contribution in [3.05, 3.63) is 75.5 Å². The van der Waals surface area contributed by atoms with Gasteiger partial charge in [-0.3, -0.25) is 19.9 Å². The maximum Gasteiger partial charge on any atom is 0.270 e. The molecule has 2 aromatic carbocycles. The third kappa shape index (κ3) is 3.55. The van der Waals surface area contributed by atoms with Crippen LogP contribution in [0.5, 0.6) is 0 Å². The molecule has 0 aliphatic heterocycles. The Kier molecular flexibility index (Phi) is 4.30. The quantitative estimate of drug-likeness (QED) is 0.549. The molecule has 0 fully saturated rings. The Morgan fingerprint density at radius 3 is 2.56 bits per heavy atom. The number of nitrogens with zero attached hydrogens (tertiary/aromatic N) is 2. The Balaban J connectivity index is 1.90. The molecule has 126 valence electrons. The molecule has 0 atom stereocenters. The van der Waals surface area contributed by atoms with Gasteiger partial charge in [-0.05, 0) is 36.8 Å². The van der Waals surface area contributed by atoms with Crippen LogP contribution in [-0.4, -0.2) is 15.8 Å². The summed E-state index contributed by atoms with van der Waals surface area (Å²) < 4.78 is 0. The second-order valence-electron chi connectivity index (χ2n) is 5.68. The molecule has 0 radical (unpaired) electrons. The van der Waals surface area contributed by atoms with Gasteiger partial charge in [-0.2, -0.15) is 0 Å². The molecule has 0 saturated carbocycles. The van der Waals surface area contributed by atoms with Gasteiger partial charge < -0.3 is 11.1 Å². The lowest BCUT2D eigenvalue weighted by molar-refractivity contribution is -0.384. The fourth-order valence-corrected chi connectivity index (χ4v) is 2.59. The molecular weight excluding hydrogens is 320 g/mol. The maximum atomic E-state index is 11.1. The Hall–Kier alpha value is -3.48. The van der Waals surface area contributed by atoms with E-state index in [2.05, 4.69) is 10.3 Å². The van der Waals surface area contributed by atoms with E-state index in [1.165, 1.54) is 12.1 Å². The molecule has 0 unspecified atom stereocenters. The summed E-state index contributed by atoms with van der Waals surface area (Å²) in [6, 6.07) is 13.4. The van der Waals surface area contributed by atoms with Gasteiger partial charge in [0.05, 0.1) is 10.4 Å². The second kappa shape index (κ2) is 6.56. The van der Waals surface area contributed by atoms with Gasteiger partial charge in [-0.1, -0.05) is 12.1 Å². The molecule has 0 spiro atoms. The number of nitro groups is 1. The van der Waals surface area contributed by atoms with Gasteiger partial charge in [-0.25, -0.2) is 0 Å². The lowest BCUT2D eigenvalue weighted by Crippen LogP contribution is -2.10. The van der Waals surface area contributed by atoms with E-state index < -0.39 is 10.8 Å². The van der Waals surface area contributed by atoms with Gasteiger partial charge in [0.1, 0.15) is 0 Å². The van der Waals surface area contributed by atoms with E-state index in [4.69, 9.17) is 5.73 Å². The number of nitrogens with one attached hydrogen (secondary N) is 1. The molecular formula is C18H16N4O3. The van der Waals surface area contributed by atoms with Crippen LogP contribution in [0.3, 0.4) is 0 Å². The molecule has 1 aromatic heterocycles. The van der Waals surface area contributed by atoms with Gasteiger partial charge in [0.2, 0.25) is 5.91 Å². The highest BCUT2D eigenvalue weighted by molar-refractivity contribution is 5.93. The number of hydrogen-bond acceptors (Lipinski definition) is 5. The first-order valence-corrected chi connectivity index (χ1v) is 7.62. The van der Waals surface area contributed by atoms with Crippen molar-refractivity contribution >= 4 is 28.2 Å². The molecule has 3 N–H and O–H groups in total. The number of aryl methyl sites for hydroxylation is 1. The van der Waals surface area contributed by atoms with Crippen molar-refractivity contribution in [1.29, 1.82) is 0 Å². The number of carbonyl (C=O) groups excluding carboxylic acids is 1. The van der Waals surface area contributed by atoms with Gasteiger partial charge >= 0.3 is 0 Å². The summed E-state index contributed by atoms with van der Waals surface area (Å²) in [7, 11) is 0. The van der Waals surface area contributed by atoms with Crippen LogP contribution >= 0.6 is 0 Å². The first kappa shape index (κ1) is 16.4. The molecule has 0 bridgehead atoms. The van der Waals surface area contributed by atoms with Crippen molar-refractivity contribution in [1.82, 2.24) is 4.98 Å². The predicted octanol–water partition coefficient (Wildman–Crippen LogP) is 3.16. The van der Waals surface area contributed by atoms with Crippen LogP contribution in [0.15, 0.2) is 48.5 Å². The predicted molar refractivity (Wildman–Crippen MR) is 95.4 cm³/mol. The van der Waals surface area contributed by atoms with Crippen molar-refractivity contribution in [2.24, 2.45) is 5.73 Å². The third-order valence-corrected chi connectivity index (χ3v) is 3.85. The zero-order chi connectivity index (χ0) is 18.0. The van der Waals surface area contributed by atoms with Crippen LogP contribution in [0, 0.1) is 17.0 Å². The maximum absolute atomic E-state index is 11.1. The first-order valence-electron chi connectivity index (χ1n) is 7.62. The number of pyridine rings is 1. The van der Waals surface area contributed by atoms with Crippen LogP contribution in [0.4, 0.5) is 11.4 Å². The molecule has 0 aliphatic rings. The molecule has 25 heavy (non-hydrogen) atoms. The van der Waals surface area contributed by atoms with E-state index in [1.54, 1.807) is 18.2 Å². The molecule has 7 heteroatoms. The molecule has 0 saturated heterocycles. The molecule has 1 amide bonds. The highest BCUT2D eigenvalue weighted by atomic mass is 16.6. The topological polar surface area (TPSA) is 111 Å². The van der Waals surface area contributed by atoms with Gasteiger partial charge in [0.15, 0.2) is 0 Å². The van der Waals surface area contributed by atoms with Crippen molar-refractivity contribution in [2.45, 2.75) is 13.5 Å². The van der Waals surface area contributed by atoms with E-state index in [0.29, 0.717) is 23.0 Å². The average Bonchev–Trinajstić information content (AvgIpc) is 2.59. The summed E-state index contributed by atoms with van der Waals surface area (Å²) in [6.45, 7) is 2.37. The molecule has 0 aliphatic carbocycles. The van der Waals surface area contributed by atoms with Crippen molar-refractivity contribution in [3.8, 4) is 0 Å². The number of non-ortho nitro benzene ring substituents is 1. The van der Waals surface area contributed by atoms with Crippen LogP contribution in [0.1, 0.15) is 21.6 Å². The SMILES string of the molecule is Cc1cc(NCc2ccc(C(N)=O)cc2)c2cc([N+](=O)[O-])ccc2n1. The zero-order valence-electron chi connectivity index (χ0n) is 13.5. The van der Waals surface area contributed by atoms with Gasteiger partial charge in [0, 0.05) is 41.0 Å². The minimum absolute atomic E-state index is 0.0204. The minimum atomic E-state index is -0.470. The number of hydrogen-bond donors (Lipinski definition) is 2. The molecule has 7 nitrogen and oxygen atoms in total. The van der Waals surface area contributed by atoms with Crippen LogP contribution in [-0.2, 0) is 6.54 Å². The summed E-state index contributed by atoms with van der Waals surface area (Å²) in [5, 5.41) is 15.0. The van der Waals surface area contributed by atoms with E-state index in [-0.39, 0.29) is 5.69 Å². The highest BCUT2D eigenvalue weighted by Crippen LogP contribution is 2.27. The van der Waals surface area contributed by atoms with Crippen molar-refractivity contribution in [2.75, 3.05) is 5.32 Å². The van der Waals surface area contributed by atoms with Crippen molar-refractivity contribution in [3.63, 3.8) is 0 Å². The normalized spacial score (nSPS) is 10.6. The summed E-state index contributed by atoms with van der Waals surface area (Å²) in [4.78, 5) is 26.1. The molecule has 3 rings (SSSR count). The largest absolute Gasteiger partial charge is 0.380 e. The van der Waals surface area contributed by atoms with E-state index in [9.17, 15) is 14.9 Å². The second-order valence-corrected chi connectivity index (χ2v) is 5.68. The number of rotatable bonds is 5. The lowest BCUT2D eigenvalue weighted by Gasteiger charge is -2.11. The summed E-state index contributed by atoms with van der Waals surface area (Å²) >= 11 is 0. The summed E-state index contributed by atoms with van der Waals surface area (Å²) in [5.41, 5.74) is 8.93. The van der Waals surface area contributed by atoms with Crippen LogP contribution in [0.2, 0.25) is 0 Å². The Morgan fingerprint density at radius 1 is 1.20 bits per heavy atom. The fourth-order valence-electron chi connectivity index (χ4n) is 2.59. The molecule has 3 aromatic rings. The average molecular weight is 336 g/mol. The lowest BCUT2D eigenvalue weighted by atomic mass is 10.1. The van der Waals surface area contributed by atoms with Crippen LogP contribution < -0.4 is 11.1 Å². The smallest absolute Gasteiger partial charge is 0.270 e. The number of nitrogens with two attached hydrogens (primary N) is 1. The third-order valence-electron chi connectivity index (χ3n) is 3.85. The number of carbonyl (C=O) groups is 1. The van der Waals surface area contributed by atoms with E-state index in [1.807, 2.05) is 25.1 Å². The monoisotopic (exact) mass is 336 g/mol. The Labute approximate surface area is 143 Å². The fraction of sp³-hybridized carbons (Fsp3) is 0.111. The number of benzene rings is 2. The number of aromatic nitrogens is 1. The number of fused-ring (bicyclic) bond motifs is 1.